The average molecular weight is 226 g/mol. The van der Waals surface area contributed by atoms with Crippen LogP contribution in [-0.4, -0.2) is 13.3 Å². The zero-order valence-electron chi connectivity index (χ0n) is 2.95. The molecule has 0 aromatic rings. The minimum atomic E-state index is -3.11. The third-order valence-corrected chi connectivity index (χ3v) is 0. The fourth-order valence-electron chi connectivity index (χ4n) is 0. The van der Waals surface area contributed by atoms with Gasteiger partial charge in [0.25, 0.3) is 0 Å². The van der Waals surface area contributed by atoms with Gasteiger partial charge in [-0.2, -0.15) is 0 Å². The van der Waals surface area contributed by atoms with Crippen molar-refractivity contribution in [2.75, 3.05) is 0 Å². The minimum Gasteiger partial charge on any atom is -0.784 e. The molecule has 0 aliphatic rings. The zero-order chi connectivity index (χ0) is 3.58. The SMILES string of the molecule is O=S([O-])[O-].[K+].[Pd]. The van der Waals surface area contributed by atoms with Crippen LogP contribution in [0.15, 0.2) is 0 Å². The van der Waals surface area contributed by atoms with E-state index >= 15 is 0 Å². The first-order valence-corrected chi connectivity index (χ1v) is 1.50. The molecule has 0 heterocycles. The van der Waals surface area contributed by atoms with E-state index in [1.807, 2.05) is 0 Å². The van der Waals surface area contributed by atoms with E-state index in [2.05, 4.69) is 0 Å². The van der Waals surface area contributed by atoms with E-state index < -0.39 is 11.4 Å². The van der Waals surface area contributed by atoms with E-state index in [9.17, 15) is 0 Å². The van der Waals surface area contributed by atoms with Gasteiger partial charge in [-0.3, -0.25) is 4.21 Å². The molecule has 0 unspecified atom stereocenters. The zero-order valence-corrected chi connectivity index (χ0v) is 8.44. The van der Waals surface area contributed by atoms with Crippen molar-refractivity contribution in [3.63, 3.8) is 0 Å². The summed E-state index contributed by atoms with van der Waals surface area (Å²) in [4.78, 5) is 0. The van der Waals surface area contributed by atoms with Crippen LogP contribution in [-0.2, 0) is 31.8 Å². The van der Waals surface area contributed by atoms with E-state index in [0.717, 1.165) is 0 Å². The van der Waals surface area contributed by atoms with Crippen molar-refractivity contribution >= 4 is 11.4 Å². The molecule has 0 fully saturated rings. The van der Waals surface area contributed by atoms with E-state index in [0.29, 0.717) is 0 Å². The second-order valence-corrected chi connectivity index (χ2v) is 0.612. The first-order chi connectivity index (χ1) is 1.73. The van der Waals surface area contributed by atoms with Crippen LogP contribution < -0.4 is 51.4 Å². The van der Waals surface area contributed by atoms with Crippen molar-refractivity contribution in [3.05, 3.63) is 0 Å². The van der Waals surface area contributed by atoms with Gasteiger partial charge in [0, 0.05) is 20.4 Å². The molecule has 0 amide bonds. The Hall–Kier alpha value is 2.37. The van der Waals surface area contributed by atoms with Crippen molar-refractivity contribution in [2.24, 2.45) is 0 Å². The molecule has 0 aliphatic heterocycles. The molecule has 0 saturated carbocycles. The first-order valence-electron chi connectivity index (χ1n) is 0.500. The van der Waals surface area contributed by atoms with Gasteiger partial charge in [-0.05, 0) is 0 Å². The summed E-state index contributed by atoms with van der Waals surface area (Å²) in [6.07, 6.45) is 0. The summed E-state index contributed by atoms with van der Waals surface area (Å²) >= 11 is -3.11. The fraction of sp³-hybridized carbons (Fsp3) is 0. The molecule has 0 aromatic carbocycles. The Morgan fingerprint density at radius 3 is 1.33 bits per heavy atom. The van der Waals surface area contributed by atoms with Crippen molar-refractivity contribution in [1.29, 1.82) is 0 Å². The van der Waals surface area contributed by atoms with Gasteiger partial charge < -0.3 is 9.11 Å². The molecule has 0 radical (unpaired) electrons. The Kier molecular flexibility index (Phi) is 27.2. The molecular weight excluding hydrogens is 226 g/mol. The summed E-state index contributed by atoms with van der Waals surface area (Å²) in [5.41, 5.74) is 0. The third-order valence-electron chi connectivity index (χ3n) is 0. The summed E-state index contributed by atoms with van der Waals surface area (Å²) in [7, 11) is 0. The molecule has 6 heteroatoms. The number of hydrogen-bond donors (Lipinski definition) is 0. The van der Waals surface area contributed by atoms with E-state index in [-0.39, 0.29) is 71.8 Å². The Bertz CT molecular complexity index is 33.8. The van der Waals surface area contributed by atoms with Crippen LogP contribution >= 0.6 is 0 Å². The summed E-state index contributed by atoms with van der Waals surface area (Å²) in [5, 5.41) is 0. The minimum absolute atomic E-state index is 0. The molecule has 0 aliphatic carbocycles. The molecule has 0 spiro atoms. The van der Waals surface area contributed by atoms with Gasteiger partial charge in [-0.25, -0.2) is 0 Å². The molecule has 0 rings (SSSR count). The van der Waals surface area contributed by atoms with Crippen LogP contribution in [0.4, 0.5) is 0 Å². The summed E-state index contributed by atoms with van der Waals surface area (Å²) < 4.78 is 25.3. The molecule has 3 nitrogen and oxygen atoms in total. The third kappa shape index (κ3) is 32.7. The van der Waals surface area contributed by atoms with Crippen molar-refractivity contribution in [1.82, 2.24) is 0 Å². The molecule has 0 N–H and O–H groups in total. The standard InChI is InChI=1S/K.H2O3S.Pd/c;1-4(2)3;/h;(H2,1,2,3);/q+1;;/p-2. The summed E-state index contributed by atoms with van der Waals surface area (Å²) in [6.45, 7) is 0. The van der Waals surface area contributed by atoms with E-state index in [1.54, 1.807) is 0 Å². The Morgan fingerprint density at radius 1 is 1.33 bits per heavy atom. The maximum Gasteiger partial charge on any atom is 1.00 e. The molecule has 0 bridgehead atoms. The second-order valence-electron chi connectivity index (χ2n) is 0.204. The van der Waals surface area contributed by atoms with Crippen LogP contribution in [0, 0.1) is 0 Å². The fourth-order valence-corrected chi connectivity index (χ4v) is 0. The van der Waals surface area contributed by atoms with Gasteiger partial charge in [0.2, 0.25) is 0 Å². The van der Waals surface area contributed by atoms with Crippen LogP contribution in [0.1, 0.15) is 0 Å². The largest absolute Gasteiger partial charge is 1.00 e. The summed E-state index contributed by atoms with van der Waals surface area (Å²) in [5.74, 6) is 0. The van der Waals surface area contributed by atoms with Crippen LogP contribution in [0.2, 0.25) is 0 Å². The Morgan fingerprint density at radius 2 is 1.33 bits per heavy atom. The molecule has 0 atom stereocenters. The molecular formula is KO3PdS-. The Balaban J connectivity index is -0.0000000450. The smallest absolute Gasteiger partial charge is 0.784 e. The van der Waals surface area contributed by atoms with Gasteiger partial charge in [0.15, 0.2) is 0 Å². The molecule has 36 valence electrons. The van der Waals surface area contributed by atoms with Crippen molar-refractivity contribution in [3.8, 4) is 0 Å². The van der Waals surface area contributed by atoms with E-state index in [1.165, 1.54) is 0 Å². The molecule has 0 saturated heterocycles. The van der Waals surface area contributed by atoms with Crippen LogP contribution in [0.3, 0.4) is 0 Å². The Labute approximate surface area is 94.5 Å². The predicted octanol–water partition coefficient (Wildman–Crippen LogP) is -4.00. The first kappa shape index (κ1) is 15.8. The van der Waals surface area contributed by atoms with Gasteiger partial charge in [0.05, 0.1) is 0 Å². The average Bonchev–Trinajstić information content (AvgIpc) is 0.811. The number of hydrogen-bond acceptors (Lipinski definition) is 3. The topological polar surface area (TPSA) is 63.2 Å². The number of rotatable bonds is 0. The monoisotopic (exact) mass is 225 g/mol. The normalized spacial score (nSPS) is 5.83. The second kappa shape index (κ2) is 10.4. The molecule has 6 heavy (non-hydrogen) atoms. The van der Waals surface area contributed by atoms with Crippen LogP contribution in [0.5, 0.6) is 0 Å². The predicted molar refractivity (Wildman–Crippen MR) is 9.70 cm³/mol. The van der Waals surface area contributed by atoms with Crippen molar-refractivity contribution in [2.45, 2.75) is 0 Å². The van der Waals surface area contributed by atoms with Gasteiger partial charge in [0.1, 0.15) is 0 Å². The maximum absolute atomic E-state index is 8.44. The van der Waals surface area contributed by atoms with Gasteiger partial charge in [-0.1, -0.05) is 0 Å². The maximum atomic E-state index is 8.44. The summed E-state index contributed by atoms with van der Waals surface area (Å²) in [6, 6.07) is 0. The van der Waals surface area contributed by atoms with Gasteiger partial charge in [-0.15, -0.1) is 11.4 Å². The van der Waals surface area contributed by atoms with E-state index in [4.69, 9.17) is 13.3 Å². The van der Waals surface area contributed by atoms with Gasteiger partial charge >= 0.3 is 51.4 Å². The van der Waals surface area contributed by atoms with Crippen molar-refractivity contribution < 1.29 is 85.1 Å². The van der Waals surface area contributed by atoms with Crippen LogP contribution in [0.25, 0.3) is 0 Å². The molecule has 0 aromatic heterocycles. The quantitative estimate of drug-likeness (QED) is 0.312.